The van der Waals surface area contributed by atoms with Gasteiger partial charge in [-0.25, -0.2) is 10.8 Å². The molecule has 1 aromatic carbocycles. The van der Waals surface area contributed by atoms with Crippen molar-refractivity contribution in [1.29, 1.82) is 0 Å². The summed E-state index contributed by atoms with van der Waals surface area (Å²) in [4.78, 5) is 4.42. The van der Waals surface area contributed by atoms with Crippen LogP contribution in [-0.2, 0) is 0 Å². The van der Waals surface area contributed by atoms with Crippen LogP contribution < -0.4 is 11.3 Å². The largest absolute Gasteiger partial charge is 0.506 e. The molecule has 0 spiro atoms. The van der Waals surface area contributed by atoms with E-state index in [1.165, 1.54) is 6.20 Å². The van der Waals surface area contributed by atoms with Gasteiger partial charge in [-0.2, -0.15) is 0 Å². The Kier molecular flexibility index (Phi) is 3.74. The summed E-state index contributed by atoms with van der Waals surface area (Å²) in [6, 6.07) is 0. The summed E-state index contributed by atoms with van der Waals surface area (Å²) in [7, 11) is 0. The van der Waals surface area contributed by atoms with Crippen molar-refractivity contribution >= 4 is 51.3 Å². The Morgan fingerprint density at radius 1 is 1.11 bits per heavy atom. The number of thiazole rings is 1. The number of hydrogen-bond acceptors (Lipinski definition) is 6. The molecule has 1 aromatic heterocycles. The van der Waals surface area contributed by atoms with E-state index in [0.29, 0.717) is 10.0 Å². The predicted molar refractivity (Wildman–Crippen MR) is 73.7 cm³/mol. The minimum Gasteiger partial charge on any atom is -0.506 e. The molecular formula is C9H6Cl3N3O2S. The average molecular weight is 327 g/mol. The first-order chi connectivity index (χ1) is 8.47. The van der Waals surface area contributed by atoms with E-state index in [1.807, 2.05) is 0 Å². The van der Waals surface area contributed by atoms with Crippen molar-refractivity contribution < 1.29 is 10.2 Å². The molecule has 0 atom stereocenters. The van der Waals surface area contributed by atoms with Crippen molar-refractivity contribution in [3.8, 4) is 21.9 Å². The van der Waals surface area contributed by atoms with Crippen LogP contribution in [0.1, 0.15) is 0 Å². The van der Waals surface area contributed by atoms with E-state index in [4.69, 9.17) is 40.6 Å². The van der Waals surface area contributed by atoms with Crippen LogP contribution in [0.3, 0.4) is 0 Å². The van der Waals surface area contributed by atoms with Gasteiger partial charge in [0.25, 0.3) is 0 Å². The standard InChI is InChI=1S/C9H6Cl3N3O2S/c10-4-3(2-1-14-9(15-13)18-2)7(16)5(11)6(12)8(4)17/h1,16-17H,13H2,(H,14,15). The van der Waals surface area contributed by atoms with Gasteiger partial charge in [-0.05, 0) is 0 Å². The number of aromatic hydroxyl groups is 2. The molecule has 0 aliphatic heterocycles. The van der Waals surface area contributed by atoms with E-state index >= 15 is 0 Å². The van der Waals surface area contributed by atoms with Crippen LogP contribution >= 0.6 is 46.1 Å². The van der Waals surface area contributed by atoms with E-state index in [0.717, 1.165) is 11.3 Å². The Hall–Kier alpha value is -0.920. The molecule has 9 heteroatoms. The number of phenolic OH excluding ortho intramolecular Hbond substituents is 2. The van der Waals surface area contributed by atoms with Gasteiger partial charge in [0.15, 0.2) is 10.9 Å². The first-order valence-electron chi connectivity index (χ1n) is 4.48. The van der Waals surface area contributed by atoms with Crippen molar-refractivity contribution in [2.24, 2.45) is 5.84 Å². The molecule has 18 heavy (non-hydrogen) atoms. The van der Waals surface area contributed by atoms with Crippen LogP contribution in [0.5, 0.6) is 11.5 Å². The highest BCUT2D eigenvalue weighted by Crippen LogP contribution is 2.51. The van der Waals surface area contributed by atoms with Crippen LogP contribution in [0.25, 0.3) is 10.4 Å². The van der Waals surface area contributed by atoms with Crippen LogP contribution in [0.15, 0.2) is 6.20 Å². The van der Waals surface area contributed by atoms with Gasteiger partial charge in [-0.3, -0.25) is 5.43 Å². The second-order valence-corrected chi connectivity index (χ2v) is 5.35. The van der Waals surface area contributed by atoms with Gasteiger partial charge in [0.1, 0.15) is 15.8 Å². The number of halogens is 3. The van der Waals surface area contributed by atoms with Gasteiger partial charge in [0, 0.05) is 6.20 Å². The van der Waals surface area contributed by atoms with Gasteiger partial charge in [-0.15, -0.1) is 0 Å². The van der Waals surface area contributed by atoms with E-state index in [9.17, 15) is 10.2 Å². The molecule has 0 aliphatic carbocycles. The number of anilines is 1. The normalized spacial score (nSPS) is 10.7. The highest BCUT2D eigenvalue weighted by atomic mass is 35.5. The molecule has 0 saturated carbocycles. The third-order valence-corrected chi connectivity index (χ3v) is 4.30. The fourth-order valence-corrected chi connectivity index (χ4v) is 2.85. The number of benzene rings is 1. The molecule has 2 aromatic rings. The second-order valence-electron chi connectivity index (χ2n) is 3.19. The maximum absolute atomic E-state index is 9.93. The molecule has 0 bridgehead atoms. The van der Waals surface area contributed by atoms with Crippen molar-refractivity contribution in [2.75, 3.05) is 5.43 Å². The highest BCUT2D eigenvalue weighted by Gasteiger charge is 2.23. The van der Waals surface area contributed by atoms with Crippen molar-refractivity contribution in [2.45, 2.75) is 0 Å². The van der Waals surface area contributed by atoms with Gasteiger partial charge >= 0.3 is 0 Å². The number of aromatic nitrogens is 1. The first kappa shape index (κ1) is 13.5. The molecule has 0 radical (unpaired) electrons. The minimum atomic E-state index is -0.396. The molecule has 0 amide bonds. The Morgan fingerprint density at radius 3 is 2.28 bits per heavy atom. The fraction of sp³-hybridized carbons (Fsp3) is 0. The number of rotatable bonds is 2. The summed E-state index contributed by atoms with van der Waals surface area (Å²) >= 11 is 18.6. The molecular weight excluding hydrogens is 321 g/mol. The Bertz CT molecular complexity index is 588. The third kappa shape index (κ3) is 2.06. The van der Waals surface area contributed by atoms with Crippen molar-refractivity contribution in [3.05, 3.63) is 21.3 Å². The Morgan fingerprint density at radius 2 is 1.72 bits per heavy atom. The molecule has 5 N–H and O–H groups in total. The molecule has 0 saturated heterocycles. The fourth-order valence-electron chi connectivity index (χ4n) is 1.32. The zero-order valence-corrected chi connectivity index (χ0v) is 11.6. The molecule has 0 fully saturated rings. The minimum absolute atomic E-state index is 0.103. The molecule has 5 nitrogen and oxygen atoms in total. The number of nitrogens with two attached hydrogens (primary N) is 1. The lowest BCUT2D eigenvalue weighted by Crippen LogP contribution is -2.05. The van der Waals surface area contributed by atoms with Gasteiger partial charge in [0.2, 0.25) is 0 Å². The molecule has 96 valence electrons. The van der Waals surface area contributed by atoms with E-state index in [1.54, 1.807) is 0 Å². The van der Waals surface area contributed by atoms with Crippen LogP contribution in [0, 0.1) is 0 Å². The lowest BCUT2D eigenvalue weighted by molar-refractivity contribution is 0.462. The van der Waals surface area contributed by atoms with E-state index in [2.05, 4.69) is 10.4 Å². The summed E-state index contributed by atoms with van der Waals surface area (Å²) in [5, 5.41) is 19.6. The van der Waals surface area contributed by atoms with Crippen LogP contribution in [0.4, 0.5) is 5.13 Å². The molecule has 0 unspecified atom stereocenters. The summed E-state index contributed by atoms with van der Waals surface area (Å²) in [6.45, 7) is 0. The second kappa shape index (κ2) is 4.99. The number of phenols is 2. The van der Waals surface area contributed by atoms with E-state index in [-0.39, 0.29) is 26.4 Å². The summed E-state index contributed by atoms with van der Waals surface area (Å²) in [6.07, 6.45) is 1.43. The molecule has 0 aliphatic rings. The maximum atomic E-state index is 9.93. The zero-order chi connectivity index (χ0) is 13.4. The lowest BCUT2D eigenvalue weighted by Gasteiger charge is -2.10. The van der Waals surface area contributed by atoms with Crippen molar-refractivity contribution in [3.63, 3.8) is 0 Å². The Balaban J connectivity index is 2.71. The maximum Gasteiger partial charge on any atom is 0.197 e. The van der Waals surface area contributed by atoms with Gasteiger partial charge in [0.05, 0.1) is 15.5 Å². The number of nitrogen functional groups attached to an aromatic ring is 1. The summed E-state index contributed by atoms with van der Waals surface area (Å²) in [5.41, 5.74) is 2.51. The summed E-state index contributed by atoms with van der Waals surface area (Å²) < 4.78 is 0. The average Bonchev–Trinajstić information content (AvgIpc) is 2.83. The first-order valence-corrected chi connectivity index (χ1v) is 6.43. The van der Waals surface area contributed by atoms with E-state index < -0.39 is 5.75 Å². The number of nitrogens with zero attached hydrogens (tertiary/aromatic N) is 1. The summed E-state index contributed by atoms with van der Waals surface area (Å²) in [5.74, 6) is 4.49. The quantitative estimate of drug-likeness (QED) is 0.293. The molecule has 2 rings (SSSR count). The number of hydrazine groups is 1. The van der Waals surface area contributed by atoms with Gasteiger partial charge in [-0.1, -0.05) is 46.1 Å². The van der Waals surface area contributed by atoms with Crippen LogP contribution in [-0.4, -0.2) is 15.2 Å². The van der Waals surface area contributed by atoms with Gasteiger partial charge < -0.3 is 10.2 Å². The zero-order valence-electron chi connectivity index (χ0n) is 8.54. The SMILES string of the molecule is NNc1ncc(-c2c(O)c(Cl)c(Cl)c(O)c2Cl)s1. The Labute approximate surface area is 121 Å². The van der Waals surface area contributed by atoms with Crippen LogP contribution in [0.2, 0.25) is 15.1 Å². The number of hydrogen-bond donors (Lipinski definition) is 4. The van der Waals surface area contributed by atoms with Crippen molar-refractivity contribution in [1.82, 2.24) is 4.98 Å². The third-order valence-electron chi connectivity index (χ3n) is 2.15. The molecule has 1 heterocycles. The highest BCUT2D eigenvalue weighted by molar-refractivity contribution is 7.19. The lowest BCUT2D eigenvalue weighted by atomic mass is 10.1. The smallest absolute Gasteiger partial charge is 0.197 e. The topological polar surface area (TPSA) is 91.4 Å². The predicted octanol–water partition coefficient (Wildman–Crippen LogP) is 3.47. The monoisotopic (exact) mass is 325 g/mol. The number of nitrogens with one attached hydrogen (secondary N) is 1.